The van der Waals surface area contributed by atoms with Gasteiger partial charge >= 0.3 is 0 Å². The third-order valence-corrected chi connectivity index (χ3v) is 10.5. The van der Waals surface area contributed by atoms with Gasteiger partial charge in [-0.3, -0.25) is 14.4 Å². The Bertz CT molecular complexity index is 1200. The number of likely N-dealkylation sites (tertiary alicyclic amines) is 1. The molecule has 3 aliphatic heterocycles. The number of halogens is 1. The Morgan fingerprint density at radius 1 is 1.05 bits per heavy atom. The molecule has 3 N–H and O–H groups in total. The van der Waals surface area contributed by atoms with Crippen molar-refractivity contribution in [1.29, 1.82) is 0 Å². The fourth-order valence-corrected chi connectivity index (χ4v) is 9.06. The molecule has 7 nitrogen and oxygen atoms in total. The minimum Gasteiger partial charge on any atom is -0.396 e. The van der Waals surface area contributed by atoms with Crippen molar-refractivity contribution in [2.24, 2.45) is 11.8 Å². The highest BCUT2D eigenvalue weighted by molar-refractivity contribution is 8.02. The number of aliphatic hydroxyl groups is 1. The number of aliphatic hydroxyl groups excluding tert-OH is 1. The van der Waals surface area contributed by atoms with E-state index >= 15 is 0 Å². The SMILES string of the molecule is C[C@]12CCC3(S1)C(C(=O)Nc1ccc(Cl)cc1)N(CCCCCO)C(=O)[C@@H]3[C@H]2C(=O)NCc1ccccc1. The Labute approximate surface area is 232 Å². The lowest BCUT2D eigenvalue weighted by Crippen LogP contribution is -2.52. The predicted molar refractivity (Wildman–Crippen MR) is 150 cm³/mol. The summed E-state index contributed by atoms with van der Waals surface area (Å²) in [5.41, 5.74) is 1.62. The molecule has 1 spiro atoms. The molecule has 3 amide bonds. The van der Waals surface area contributed by atoms with Crippen LogP contribution in [0.2, 0.25) is 5.02 Å². The van der Waals surface area contributed by atoms with Gasteiger partial charge in [-0.1, -0.05) is 41.9 Å². The van der Waals surface area contributed by atoms with E-state index in [2.05, 4.69) is 17.6 Å². The molecule has 5 atom stereocenters. The summed E-state index contributed by atoms with van der Waals surface area (Å²) in [7, 11) is 0. The second-order valence-corrected chi connectivity index (χ2v) is 13.1. The summed E-state index contributed by atoms with van der Waals surface area (Å²) in [6.45, 7) is 2.99. The quantitative estimate of drug-likeness (QED) is 0.381. The van der Waals surface area contributed by atoms with Gasteiger partial charge in [0, 0.05) is 35.2 Å². The van der Waals surface area contributed by atoms with Crippen molar-refractivity contribution in [3.05, 3.63) is 65.2 Å². The molecule has 38 heavy (non-hydrogen) atoms. The summed E-state index contributed by atoms with van der Waals surface area (Å²) >= 11 is 7.69. The number of thioether (sulfide) groups is 1. The fourth-order valence-electron chi connectivity index (χ4n) is 6.58. The smallest absolute Gasteiger partial charge is 0.248 e. The summed E-state index contributed by atoms with van der Waals surface area (Å²) in [6, 6.07) is 16.0. The number of hydrogen-bond acceptors (Lipinski definition) is 5. The lowest BCUT2D eigenvalue weighted by atomic mass is 9.66. The third-order valence-electron chi connectivity index (χ3n) is 8.29. The van der Waals surface area contributed by atoms with Crippen LogP contribution in [0.1, 0.15) is 44.6 Å². The minimum absolute atomic E-state index is 0.0961. The Morgan fingerprint density at radius 3 is 2.50 bits per heavy atom. The van der Waals surface area contributed by atoms with Crippen LogP contribution >= 0.6 is 23.4 Å². The molecule has 5 rings (SSSR count). The topological polar surface area (TPSA) is 98.7 Å². The molecule has 2 unspecified atom stereocenters. The Hall–Kier alpha value is -2.55. The van der Waals surface area contributed by atoms with Gasteiger partial charge in [0.1, 0.15) is 6.04 Å². The van der Waals surface area contributed by atoms with Crippen LogP contribution in [0.4, 0.5) is 5.69 Å². The first-order chi connectivity index (χ1) is 18.3. The van der Waals surface area contributed by atoms with Gasteiger partial charge in [-0.15, -0.1) is 11.8 Å². The molecule has 3 aliphatic rings. The summed E-state index contributed by atoms with van der Waals surface area (Å²) in [5.74, 6) is -1.53. The van der Waals surface area contributed by atoms with Crippen molar-refractivity contribution in [2.45, 2.75) is 61.1 Å². The zero-order valence-electron chi connectivity index (χ0n) is 21.5. The van der Waals surface area contributed by atoms with Crippen LogP contribution < -0.4 is 10.6 Å². The number of nitrogens with zero attached hydrogens (tertiary/aromatic N) is 1. The van der Waals surface area contributed by atoms with Crippen LogP contribution in [0.25, 0.3) is 0 Å². The average molecular weight is 556 g/mol. The van der Waals surface area contributed by atoms with Crippen LogP contribution in [0.15, 0.2) is 54.6 Å². The van der Waals surface area contributed by atoms with Crippen LogP contribution in [0, 0.1) is 11.8 Å². The van der Waals surface area contributed by atoms with E-state index in [0.29, 0.717) is 43.1 Å². The van der Waals surface area contributed by atoms with E-state index in [1.807, 2.05) is 30.3 Å². The van der Waals surface area contributed by atoms with E-state index in [1.54, 1.807) is 40.9 Å². The van der Waals surface area contributed by atoms with Crippen LogP contribution in [-0.4, -0.2) is 56.4 Å². The number of nitrogens with one attached hydrogen (secondary N) is 2. The molecule has 2 aromatic rings. The van der Waals surface area contributed by atoms with Gasteiger partial charge in [-0.05, 0) is 68.9 Å². The zero-order chi connectivity index (χ0) is 26.9. The highest BCUT2D eigenvalue weighted by atomic mass is 35.5. The molecular weight excluding hydrogens is 522 g/mol. The standard InChI is InChI=1S/C29H34ClN3O4S/c1-28-14-15-29(38-28)23(22(28)25(35)31-18-19-8-4-2-5-9-19)27(37)33(16-6-3-7-17-34)24(29)26(36)32-21-12-10-20(30)11-13-21/h2,4-5,8-13,22-24,34H,3,6-7,14-18H2,1H3,(H,31,35)(H,32,36)/t22-,23-,24?,28+,29?/m0/s1. The number of benzene rings is 2. The van der Waals surface area contributed by atoms with E-state index < -0.39 is 27.4 Å². The molecule has 3 saturated heterocycles. The predicted octanol–water partition coefficient (Wildman–Crippen LogP) is 4.24. The van der Waals surface area contributed by atoms with Gasteiger partial charge < -0.3 is 20.6 Å². The largest absolute Gasteiger partial charge is 0.396 e. The number of rotatable bonds is 10. The summed E-state index contributed by atoms with van der Waals surface area (Å²) in [5, 5.41) is 15.9. The number of carbonyl (C=O) groups is 3. The summed E-state index contributed by atoms with van der Waals surface area (Å²) in [6.07, 6.45) is 3.57. The lowest BCUT2D eigenvalue weighted by Gasteiger charge is -2.34. The first kappa shape index (κ1) is 27.0. The highest BCUT2D eigenvalue weighted by Gasteiger charge is 2.76. The summed E-state index contributed by atoms with van der Waals surface area (Å²) in [4.78, 5) is 43.3. The van der Waals surface area contributed by atoms with Crippen molar-refractivity contribution >= 4 is 46.8 Å². The number of fused-ring (bicyclic) bond motifs is 1. The normalized spacial score (nSPS) is 29.4. The second-order valence-electron chi connectivity index (χ2n) is 10.7. The molecule has 3 fully saturated rings. The van der Waals surface area contributed by atoms with Gasteiger partial charge in [-0.25, -0.2) is 0 Å². The van der Waals surface area contributed by atoms with E-state index in [9.17, 15) is 19.5 Å². The molecule has 3 heterocycles. The van der Waals surface area contributed by atoms with Gasteiger partial charge in [0.15, 0.2) is 0 Å². The molecule has 2 aromatic carbocycles. The maximum absolute atomic E-state index is 14.1. The Balaban J connectivity index is 1.42. The van der Waals surface area contributed by atoms with Crippen LogP contribution in [0.3, 0.4) is 0 Å². The molecule has 202 valence electrons. The van der Waals surface area contributed by atoms with Crippen molar-refractivity contribution in [3.8, 4) is 0 Å². The number of amides is 3. The van der Waals surface area contributed by atoms with Gasteiger partial charge in [-0.2, -0.15) is 0 Å². The summed E-state index contributed by atoms with van der Waals surface area (Å²) < 4.78 is -1.07. The lowest BCUT2D eigenvalue weighted by molar-refractivity contribution is -0.140. The first-order valence-corrected chi connectivity index (χ1v) is 14.5. The van der Waals surface area contributed by atoms with Crippen molar-refractivity contribution in [1.82, 2.24) is 10.2 Å². The monoisotopic (exact) mass is 555 g/mol. The van der Waals surface area contributed by atoms with E-state index in [0.717, 1.165) is 18.4 Å². The van der Waals surface area contributed by atoms with E-state index in [-0.39, 0.29) is 24.3 Å². The average Bonchev–Trinajstić information content (AvgIpc) is 3.48. The van der Waals surface area contributed by atoms with Crippen molar-refractivity contribution in [2.75, 3.05) is 18.5 Å². The third kappa shape index (κ3) is 4.82. The highest BCUT2D eigenvalue weighted by Crippen LogP contribution is 2.71. The molecule has 0 aromatic heterocycles. The zero-order valence-corrected chi connectivity index (χ0v) is 23.1. The molecule has 9 heteroatoms. The minimum atomic E-state index is -0.677. The van der Waals surface area contributed by atoms with Crippen LogP contribution in [0.5, 0.6) is 0 Å². The fraction of sp³-hybridized carbons (Fsp3) is 0.483. The molecule has 0 saturated carbocycles. The van der Waals surface area contributed by atoms with Gasteiger partial charge in [0.25, 0.3) is 0 Å². The van der Waals surface area contributed by atoms with Crippen molar-refractivity contribution in [3.63, 3.8) is 0 Å². The molecular formula is C29H34ClN3O4S. The number of unbranched alkanes of at least 4 members (excludes halogenated alkanes) is 2. The maximum atomic E-state index is 14.1. The van der Waals surface area contributed by atoms with E-state index in [4.69, 9.17) is 11.6 Å². The van der Waals surface area contributed by atoms with Gasteiger partial charge in [0.05, 0.1) is 16.6 Å². The Kier molecular flexibility index (Phi) is 7.76. The second kappa shape index (κ2) is 10.9. The molecule has 0 radical (unpaired) electrons. The van der Waals surface area contributed by atoms with Gasteiger partial charge in [0.2, 0.25) is 17.7 Å². The van der Waals surface area contributed by atoms with Crippen molar-refractivity contribution < 1.29 is 19.5 Å². The van der Waals surface area contributed by atoms with Crippen LogP contribution in [-0.2, 0) is 20.9 Å². The molecule has 0 aliphatic carbocycles. The number of carbonyl (C=O) groups excluding carboxylic acids is 3. The molecule has 2 bridgehead atoms. The Morgan fingerprint density at radius 2 is 1.79 bits per heavy atom. The number of hydrogen-bond donors (Lipinski definition) is 3. The maximum Gasteiger partial charge on any atom is 0.248 e. The van der Waals surface area contributed by atoms with E-state index in [1.165, 1.54) is 0 Å². The first-order valence-electron chi connectivity index (χ1n) is 13.3. The number of anilines is 1.